The molecule has 0 bridgehead atoms. The van der Waals surface area contributed by atoms with Crippen LogP contribution in [0.2, 0.25) is 0 Å². The topological polar surface area (TPSA) is 72.7 Å². The standard InChI is InChI=1S/C10H18N2O4/c1-8(2)9(7-12(14)15)5-6-10(13)11(3)16-4/h5-6,8-9H,7H2,1-4H3/b6-5+/t9-/m0/s1. The van der Waals surface area contributed by atoms with Crippen LogP contribution in [0.4, 0.5) is 0 Å². The number of likely N-dealkylation sites (N-methyl/N-ethyl adjacent to an activating group) is 1. The molecule has 6 heteroatoms. The molecule has 6 nitrogen and oxygen atoms in total. The van der Waals surface area contributed by atoms with Crippen LogP contribution in [0.5, 0.6) is 0 Å². The predicted octanol–water partition coefficient (Wildman–Crippen LogP) is 1.11. The number of hydroxylamine groups is 2. The van der Waals surface area contributed by atoms with Gasteiger partial charge in [-0.15, -0.1) is 0 Å². The molecule has 92 valence electrons. The third-order valence-corrected chi connectivity index (χ3v) is 2.29. The fourth-order valence-corrected chi connectivity index (χ4v) is 1.07. The summed E-state index contributed by atoms with van der Waals surface area (Å²) < 4.78 is 0. The van der Waals surface area contributed by atoms with Crippen molar-refractivity contribution in [2.75, 3.05) is 20.7 Å². The summed E-state index contributed by atoms with van der Waals surface area (Å²) >= 11 is 0. The van der Waals surface area contributed by atoms with E-state index in [1.807, 2.05) is 13.8 Å². The quantitative estimate of drug-likeness (QED) is 0.389. The number of carbonyl (C=O) groups is 1. The largest absolute Gasteiger partial charge is 0.274 e. The van der Waals surface area contributed by atoms with E-state index in [0.717, 1.165) is 5.06 Å². The predicted molar refractivity (Wildman–Crippen MR) is 59.1 cm³/mol. The lowest BCUT2D eigenvalue weighted by Crippen LogP contribution is -2.24. The van der Waals surface area contributed by atoms with Crippen molar-refractivity contribution >= 4 is 5.91 Å². The minimum Gasteiger partial charge on any atom is -0.274 e. The maximum atomic E-state index is 11.3. The van der Waals surface area contributed by atoms with Gasteiger partial charge in [-0.05, 0) is 5.92 Å². The number of nitrogens with zero attached hydrogens (tertiary/aromatic N) is 2. The van der Waals surface area contributed by atoms with Gasteiger partial charge in [0.1, 0.15) is 0 Å². The van der Waals surface area contributed by atoms with Gasteiger partial charge >= 0.3 is 0 Å². The average molecular weight is 230 g/mol. The van der Waals surface area contributed by atoms with E-state index in [2.05, 4.69) is 4.84 Å². The zero-order valence-electron chi connectivity index (χ0n) is 10.0. The number of carbonyl (C=O) groups excluding carboxylic acids is 1. The van der Waals surface area contributed by atoms with Crippen LogP contribution in [0.15, 0.2) is 12.2 Å². The third-order valence-electron chi connectivity index (χ3n) is 2.29. The monoisotopic (exact) mass is 230 g/mol. The molecule has 0 N–H and O–H groups in total. The maximum Gasteiger partial charge on any atom is 0.269 e. The van der Waals surface area contributed by atoms with Crippen LogP contribution in [0.25, 0.3) is 0 Å². The zero-order chi connectivity index (χ0) is 12.7. The number of rotatable bonds is 6. The van der Waals surface area contributed by atoms with Crippen LogP contribution < -0.4 is 0 Å². The minimum absolute atomic E-state index is 0.113. The Morgan fingerprint density at radius 1 is 1.56 bits per heavy atom. The number of hydrogen-bond donors (Lipinski definition) is 0. The lowest BCUT2D eigenvalue weighted by Gasteiger charge is -2.13. The van der Waals surface area contributed by atoms with Crippen LogP contribution in [0.3, 0.4) is 0 Å². The summed E-state index contributed by atoms with van der Waals surface area (Å²) in [5.74, 6) is -0.469. The van der Waals surface area contributed by atoms with E-state index in [0.29, 0.717) is 0 Å². The number of amides is 1. The van der Waals surface area contributed by atoms with Crippen molar-refractivity contribution in [1.82, 2.24) is 5.06 Å². The molecule has 0 spiro atoms. The normalized spacial score (nSPS) is 13.1. The smallest absolute Gasteiger partial charge is 0.269 e. The lowest BCUT2D eigenvalue weighted by atomic mass is 9.95. The first-order valence-corrected chi connectivity index (χ1v) is 5.00. The molecular weight excluding hydrogens is 212 g/mol. The molecule has 1 amide bonds. The molecule has 0 aromatic heterocycles. The highest BCUT2D eigenvalue weighted by Gasteiger charge is 2.16. The van der Waals surface area contributed by atoms with E-state index in [9.17, 15) is 14.9 Å². The molecule has 0 saturated carbocycles. The van der Waals surface area contributed by atoms with E-state index >= 15 is 0 Å². The van der Waals surface area contributed by atoms with Crippen molar-refractivity contribution < 1.29 is 14.6 Å². The Labute approximate surface area is 95.0 Å². The van der Waals surface area contributed by atoms with Crippen LogP contribution in [0, 0.1) is 22.0 Å². The van der Waals surface area contributed by atoms with Gasteiger partial charge in [0.25, 0.3) is 5.91 Å². The summed E-state index contributed by atoms with van der Waals surface area (Å²) in [7, 11) is 2.85. The van der Waals surface area contributed by atoms with Crippen LogP contribution in [-0.2, 0) is 9.63 Å². The number of nitro groups is 1. The Kier molecular flexibility index (Phi) is 6.32. The molecule has 0 unspecified atom stereocenters. The van der Waals surface area contributed by atoms with E-state index < -0.39 is 0 Å². The van der Waals surface area contributed by atoms with E-state index in [1.54, 1.807) is 6.08 Å². The van der Waals surface area contributed by atoms with Crippen molar-refractivity contribution in [3.8, 4) is 0 Å². The summed E-state index contributed by atoms with van der Waals surface area (Å²) in [4.78, 5) is 26.0. The first-order valence-electron chi connectivity index (χ1n) is 5.00. The second-order valence-electron chi connectivity index (χ2n) is 3.80. The summed E-state index contributed by atoms with van der Waals surface area (Å²) in [5, 5.41) is 11.5. The third kappa shape index (κ3) is 5.45. The fraction of sp³-hybridized carbons (Fsp3) is 0.700. The molecule has 0 rings (SSSR count). The summed E-state index contributed by atoms with van der Waals surface area (Å²) in [5.41, 5.74) is 0. The summed E-state index contributed by atoms with van der Waals surface area (Å²) in [6.07, 6.45) is 2.86. The molecule has 0 fully saturated rings. The molecule has 0 aliphatic rings. The Hall–Kier alpha value is -1.43. The molecule has 16 heavy (non-hydrogen) atoms. The van der Waals surface area contributed by atoms with Gasteiger partial charge in [0.2, 0.25) is 6.54 Å². The van der Waals surface area contributed by atoms with Crippen LogP contribution in [-0.4, -0.2) is 36.6 Å². The minimum atomic E-state index is -0.375. The highest BCUT2D eigenvalue weighted by atomic mass is 16.7. The molecule has 0 saturated heterocycles. The lowest BCUT2D eigenvalue weighted by molar-refractivity contribution is -0.487. The molecule has 0 aliphatic carbocycles. The Morgan fingerprint density at radius 2 is 2.12 bits per heavy atom. The Morgan fingerprint density at radius 3 is 2.50 bits per heavy atom. The van der Waals surface area contributed by atoms with Crippen molar-refractivity contribution in [1.29, 1.82) is 0 Å². The second-order valence-corrected chi connectivity index (χ2v) is 3.80. The van der Waals surface area contributed by atoms with Gasteiger partial charge in [-0.25, -0.2) is 5.06 Å². The Bertz CT molecular complexity index is 276. The highest BCUT2D eigenvalue weighted by Crippen LogP contribution is 2.12. The van der Waals surface area contributed by atoms with Crippen molar-refractivity contribution in [3.05, 3.63) is 22.3 Å². The molecule has 1 atom stereocenters. The van der Waals surface area contributed by atoms with Crippen molar-refractivity contribution in [2.24, 2.45) is 11.8 Å². The van der Waals surface area contributed by atoms with Crippen LogP contribution >= 0.6 is 0 Å². The molecule has 0 aromatic rings. The molecule has 0 aromatic carbocycles. The average Bonchev–Trinajstić information content (AvgIpc) is 2.21. The summed E-state index contributed by atoms with van der Waals surface area (Å²) in [6, 6.07) is 0. The Balaban J connectivity index is 4.44. The first-order chi connectivity index (χ1) is 7.38. The number of hydrogen-bond acceptors (Lipinski definition) is 4. The first kappa shape index (κ1) is 14.6. The SMILES string of the molecule is CON(C)C(=O)/C=C/[C@@H](C[N+](=O)[O-])C(C)C. The maximum absolute atomic E-state index is 11.3. The second kappa shape index (κ2) is 6.95. The molecular formula is C10H18N2O4. The van der Waals surface area contributed by atoms with Crippen molar-refractivity contribution in [3.63, 3.8) is 0 Å². The van der Waals surface area contributed by atoms with Gasteiger partial charge in [0.05, 0.1) is 7.11 Å². The van der Waals surface area contributed by atoms with E-state index in [-0.39, 0.29) is 29.2 Å². The van der Waals surface area contributed by atoms with E-state index in [1.165, 1.54) is 20.2 Å². The van der Waals surface area contributed by atoms with Gasteiger partial charge in [0.15, 0.2) is 0 Å². The summed E-state index contributed by atoms with van der Waals surface area (Å²) in [6.45, 7) is 3.59. The van der Waals surface area contributed by atoms with Crippen LogP contribution in [0.1, 0.15) is 13.8 Å². The van der Waals surface area contributed by atoms with Gasteiger partial charge in [-0.3, -0.25) is 19.7 Å². The molecule has 0 heterocycles. The molecule has 0 radical (unpaired) electrons. The van der Waals surface area contributed by atoms with Gasteiger partial charge in [0, 0.05) is 24.0 Å². The van der Waals surface area contributed by atoms with Crippen molar-refractivity contribution in [2.45, 2.75) is 13.8 Å². The zero-order valence-corrected chi connectivity index (χ0v) is 10.0. The highest BCUT2D eigenvalue weighted by molar-refractivity contribution is 5.86. The molecule has 0 aliphatic heterocycles. The van der Waals surface area contributed by atoms with E-state index in [4.69, 9.17) is 0 Å². The fourth-order valence-electron chi connectivity index (χ4n) is 1.07. The van der Waals surface area contributed by atoms with Gasteiger partial charge in [-0.1, -0.05) is 19.9 Å². The van der Waals surface area contributed by atoms with Gasteiger partial charge in [-0.2, -0.15) is 0 Å². The van der Waals surface area contributed by atoms with Gasteiger partial charge < -0.3 is 0 Å².